The Labute approximate surface area is 130 Å². The summed E-state index contributed by atoms with van der Waals surface area (Å²) in [6.07, 6.45) is 3.27. The van der Waals surface area contributed by atoms with Crippen LogP contribution in [0.2, 0.25) is 0 Å². The molecule has 0 aliphatic carbocycles. The van der Waals surface area contributed by atoms with Crippen molar-refractivity contribution in [2.75, 3.05) is 36.9 Å². The number of nitrogen functional groups attached to an aromatic ring is 1. The average molecular weight is 315 g/mol. The lowest BCUT2D eigenvalue weighted by Gasteiger charge is -2.28. The summed E-state index contributed by atoms with van der Waals surface area (Å²) in [6.45, 7) is 2.97. The summed E-state index contributed by atoms with van der Waals surface area (Å²) in [6, 6.07) is 0. The highest BCUT2D eigenvalue weighted by molar-refractivity contribution is 7.16. The first kappa shape index (κ1) is 13.3. The molecule has 0 amide bonds. The molecule has 0 unspecified atom stereocenters. The minimum Gasteiger partial charge on any atom is -0.378 e. The van der Waals surface area contributed by atoms with E-state index in [-0.39, 0.29) is 5.95 Å². The van der Waals surface area contributed by atoms with Crippen LogP contribution in [0.4, 0.5) is 11.8 Å². The highest BCUT2D eigenvalue weighted by Crippen LogP contribution is 2.28. The van der Waals surface area contributed by atoms with Gasteiger partial charge in [-0.05, 0) is 0 Å². The van der Waals surface area contributed by atoms with Crippen molar-refractivity contribution >= 4 is 33.5 Å². The SMILES string of the molecule is Nc1ncc(-c2nc(N3CCOCC3)c3ncsc3n2)cn1. The normalized spacial score (nSPS) is 15.4. The van der Waals surface area contributed by atoms with E-state index in [0.717, 1.165) is 34.8 Å². The van der Waals surface area contributed by atoms with Crippen molar-refractivity contribution in [1.82, 2.24) is 24.9 Å². The van der Waals surface area contributed by atoms with Gasteiger partial charge in [-0.25, -0.2) is 24.9 Å². The van der Waals surface area contributed by atoms with E-state index in [1.54, 1.807) is 17.9 Å². The van der Waals surface area contributed by atoms with Gasteiger partial charge >= 0.3 is 0 Å². The maximum atomic E-state index is 5.53. The zero-order valence-corrected chi connectivity index (χ0v) is 12.5. The molecule has 0 aromatic carbocycles. The minimum absolute atomic E-state index is 0.232. The molecular weight excluding hydrogens is 302 g/mol. The third-order valence-corrected chi connectivity index (χ3v) is 4.14. The van der Waals surface area contributed by atoms with Gasteiger partial charge in [0, 0.05) is 25.5 Å². The number of nitrogens with two attached hydrogens (primary N) is 1. The molecule has 1 aliphatic rings. The third kappa shape index (κ3) is 2.34. The van der Waals surface area contributed by atoms with Crippen molar-refractivity contribution in [3.05, 3.63) is 17.9 Å². The fraction of sp³-hybridized carbons (Fsp3) is 0.308. The van der Waals surface area contributed by atoms with E-state index in [4.69, 9.17) is 10.5 Å². The van der Waals surface area contributed by atoms with Crippen molar-refractivity contribution in [3.63, 3.8) is 0 Å². The first-order valence-electron chi connectivity index (χ1n) is 6.83. The van der Waals surface area contributed by atoms with Crippen LogP contribution >= 0.6 is 11.3 Å². The number of ether oxygens (including phenoxy) is 1. The van der Waals surface area contributed by atoms with Gasteiger partial charge in [-0.2, -0.15) is 0 Å². The summed E-state index contributed by atoms with van der Waals surface area (Å²) < 4.78 is 5.41. The molecule has 0 bridgehead atoms. The highest BCUT2D eigenvalue weighted by Gasteiger charge is 2.19. The Bertz CT molecular complexity index is 798. The molecule has 0 saturated carbocycles. The molecule has 22 heavy (non-hydrogen) atoms. The predicted molar refractivity (Wildman–Crippen MR) is 83.7 cm³/mol. The first-order chi connectivity index (χ1) is 10.8. The van der Waals surface area contributed by atoms with Gasteiger partial charge in [-0.1, -0.05) is 0 Å². The number of nitrogens with zero attached hydrogens (tertiary/aromatic N) is 6. The van der Waals surface area contributed by atoms with Crippen LogP contribution < -0.4 is 10.6 Å². The van der Waals surface area contributed by atoms with Crippen LogP contribution in [-0.4, -0.2) is 51.2 Å². The molecule has 1 saturated heterocycles. The fourth-order valence-electron chi connectivity index (χ4n) is 2.33. The highest BCUT2D eigenvalue weighted by atomic mass is 32.1. The zero-order chi connectivity index (χ0) is 14.9. The molecule has 112 valence electrons. The molecule has 3 aromatic heterocycles. The van der Waals surface area contributed by atoms with E-state index >= 15 is 0 Å². The number of rotatable bonds is 2. The standard InChI is InChI=1S/C13H13N7OS/c14-13-15-5-8(6-16-13)10-18-11(20-1-3-21-4-2-20)9-12(19-10)22-7-17-9/h5-7H,1-4H2,(H2,14,15,16). The number of aromatic nitrogens is 5. The predicted octanol–water partition coefficient (Wildman–Crippen LogP) is 0.962. The smallest absolute Gasteiger partial charge is 0.219 e. The molecule has 0 radical (unpaired) electrons. The lowest BCUT2D eigenvalue weighted by Crippen LogP contribution is -2.37. The van der Waals surface area contributed by atoms with Crippen molar-refractivity contribution in [2.24, 2.45) is 0 Å². The molecule has 4 rings (SSSR count). The molecular formula is C13H13N7OS. The van der Waals surface area contributed by atoms with Crippen LogP contribution in [-0.2, 0) is 4.74 Å². The van der Waals surface area contributed by atoms with Crippen LogP contribution in [0.1, 0.15) is 0 Å². The second-order valence-corrected chi connectivity index (χ2v) is 5.64. The molecule has 8 nitrogen and oxygen atoms in total. The van der Waals surface area contributed by atoms with Gasteiger partial charge in [-0.3, -0.25) is 0 Å². The van der Waals surface area contributed by atoms with Gasteiger partial charge in [0.2, 0.25) is 5.95 Å². The summed E-state index contributed by atoms with van der Waals surface area (Å²) in [5, 5.41) is 0. The van der Waals surface area contributed by atoms with Gasteiger partial charge in [0.25, 0.3) is 0 Å². The van der Waals surface area contributed by atoms with Gasteiger partial charge in [0.1, 0.15) is 10.3 Å². The number of fused-ring (bicyclic) bond motifs is 1. The van der Waals surface area contributed by atoms with Gasteiger partial charge < -0.3 is 15.4 Å². The Balaban J connectivity index is 1.84. The number of thiazole rings is 1. The summed E-state index contributed by atoms with van der Waals surface area (Å²) in [5.41, 5.74) is 8.88. The molecule has 2 N–H and O–H groups in total. The van der Waals surface area contributed by atoms with Gasteiger partial charge in [0.05, 0.1) is 24.3 Å². The number of hydrogen-bond acceptors (Lipinski definition) is 9. The number of hydrogen-bond donors (Lipinski definition) is 1. The van der Waals surface area contributed by atoms with E-state index in [0.29, 0.717) is 19.0 Å². The second-order valence-electron chi connectivity index (χ2n) is 4.81. The topological polar surface area (TPSA) is 103 Å². The summed E-state index contributed by atoms with van der Waals surface area (Å²) in [5.74, 6) is 1.65. The lowest BCUT2D eigenvalue weighted by molar-refractivity contribution is 0.122. The first-order valence-corrected chi connectivity index (χ1v) is 7.71. The third-order valence-electron chi connectivity index (χ3n) is 3.42. The lowest BCUT2D eigenvalue weighted by atomic mass is 10.3. The molecule has 3 aromatic rings. The number of anilines is 2. The largest absolute Gasteiger partial charge is 0.378 e. The molecule has 9 heteroatoms. The average Bonchev–Trinajstić information content (AvgIpc) is 3.04. The number of morpholine rings is 1. The molecule has 0 atom stereocenters. The Morgan fingerprint density at radius 2 is 1.86 bits per heavy atom. The van der Waals surface area contributed by atoms with Crippen LogP contribution in [0.5, 0.6) is 0 Å². The monoisotopic (exact) mass is 315 g/mol. The maximum absolute atomic E-state index is 5.53. The van der Waals surface area contributed by atoms with E-state index in [9.17, 15) is 0 Å². The Hall–Kier alpha value is -2.39. The van der Waals surface area contributed by atoms with Gasteiger partial charge in [0.15, 0.2) is 11.6 Å². The Morgan fingerprint density at radius 3 is 2.64 bits per heavy atom. The van der Waals surface area contributed by atoms with Crippen molar-refractivity contribution in [2.45, 2.75) is 0 Å². The quantitative estimate of drug-likeness (QED) is 0.746. The van der Waals surface area contributed by atoms with Crippen LogP contribution in [0.25, 0.3) is 21.7 Å². The van der Waals surface area contributed by atoms with E-state index in [1.807, 2.05) is 0 Å². The van der Waals surface area contributed by atoms with Crippen molar-refractivity contribution in [1.29, 1.82) is 0 Å². The van der Waals surface area contributed by atoms with Crippen molar-refractivity contribution in [3.8, 4) is 11.4 Å². The molecule has 4 heterocycles. The fourth-order valence-corrected chi connectivity index (χ4v) is 2.98. The molecule has 1 aliphatic heterocycles. The van der Waals surface area contributed by atoms with Crippen LogP contribution in [0.15, 0.2) is 17.9 Å². The summed E-state index contributed by atoms with van der Waals surface area (Å²) in [7, 11) is 0. The van der Waals surface area contributed by atoms with Crippen LogP contribution in [0, 0.1) is 0 Å². The Kier molecular flexibility index (Phi) is 3.28. The minimum atomic E-state index is 0.232. The maximum Gasteiger partial charge on any atom is 0.219 e. The van der Waals surface area contributed by atoms with Crippen molar-refractivity contribution < 1.29 is 4.74 Å². The Morgan fingerprint density at radius 1 is 1.09 bits per heavy atom. The molecule has 1 fully saturated rings. The van der Waals surface area contributed by atoms with E-state index in [1.165, 1.54) is 11.3 Å². The van der Waals surface area contributed by atoms with Crippen LogP contribution in [0.3, 0.4) is 0 Å². The van der Waals surface area contributed by atoms with Gasteiger partial charge in [-0.15, -0.1) is 11.3 Å². The summed E-state index contributed by atoms with van der Waals surface area (Å²) >= 11 is 1.49. The summed E-state index contributed by atoms with van der Waals surface area (Å²) in [4.78, 5) is 24.7. The second kappa shape index (κ2) is 5.43. The molecule has 0 spiro atoms. The van der Waals surface area contributed by atoms with E-state index in [2.05, 4.69) is 29.8 Å². The zero-order valence-electron chi connectivity index (χ0n) is 11.6. The van der Waals surface area contributed by atoms with E-state index < -0.39 is 0 Å².